The number of rotatable bonds is 4. The second-order valence-electron chi connectivity index (χ2n) is 7.23. The fraction of sp³-hybridized carbons (Fsp3) is 0.238. The Labute approximate surface area is 186 Å². The van der Waals surface area contributed by atoms with Crippen LogP contribution in [-0.2, 0) is 10.3 Å². The van der Waals surface area contributed by atoms with Crippen LogP contribution >= 0.6 is 27.3 Å². The topological polar surface area (TPSA) is 91.2 Å². The normalized spacial score (nSPS) is 21.5. The van der Waals surface area contributed by atoms with Gasteiger partial charge in [-0.05, 0) is 51.5 Å². The van der Waals surface area contributed by atoms with E-state index in [0.717, 1.165) is 26.0 Å². The molecule has 1 saturated heterocycles. The maximum atomic E-state index is 13.3. The minimum Gasteiger partial charge on any atom is -0.481 e. The summed E-state index contributed by atoms with van der Waals surface area (Å²) >= 11 is 5.01. The van der Waals surface area contributed by atoms with Crippen LogP contribution in [0.15, 0.2) is 52.7 Å². The number of halogens is 1. The highest BCUT2D eigenvalue weighted by Gasteiger charge is 2.49. The van der Waals surface area contributed by atoms with Crippen molar-refractivity contribution < 1.29 is 9.53 Å². The molecule has 0 bridgehead atoms. The molecule has 1 aliphatic rings. The lowest BCUT2D eigenvalue weighted by molar-refractivity contribution is -0.131. The van der Waals surface area contributed by atoms with Crippen LogP contribution in [0.4, 0.5) is 0 Å². The Kier molecular flexibility index (Phi) is 5.33. The van der Waals surface area contributed by atoms with Crippen molar-refractivity contribution in [2.24, 2.45) is 0 Å². The van der Waals surface area contributed by atoms with Gasteiger partial charge in [0.2, 0.25) is 11.8 Å². The van der Waals surface area contributed by atoms with E-state index in [1.54, 1.807) is 50.2 Å². The number of thiophene rings is 1. The first-order chi connectivity index (χ1) is 14.3. The van der Waals surface area contributed by atoms with Crippen molar-refractivity contribution >= 4 is 39.1 Å². The van der Waals surface area contributed by atoms with Crippen molar-refractivity contribution in [1.29, 1.82) is 5.41 Å². The van der Waals surface area contributed by atoms with E-state index >= 15 is 0 Å². The van der Waals surface area contributed by atoms with Crippen molar-refractivity contribution in [3.05, 3.63) is 63.1 Å². The zero-order valence-corrected chi connectivity index (χ0v) is 19.0. The van der Waals surface area contributed by atoms with Crippen LogP contribution in [0.1, 0.15) is 23.3 Å². The van der Waals surface area contributed by atoms with Gasteiger partial charge < -0.3 is 10.1 Å². The second kappa shape index (κ2) is 7.81. The summed E-state index contributed by atoms with van der Waals surface area (Å²) in [7, 11) is 3.16. The van der Waals surface area contributed by atoms with Crippen molar-refractivity contribution in [3.63, 3.8) is 0 Å². The quantitative estimate of drug-likeness (QED) is 0.583. The standard InChI is InChI=1S/C21H20BrN5O2S/c1-21(16-7-14(11-30-16)13-6-15(22)10-24-8-13)18(19(28)27(2)20(23)26-21)12-4-5-17(29-3)25-9-12/h4-11,18H,1-3H3,(H2,23,26)/t18?,21-/m1/s1. The lowest BCUT2D eigenvalue weighted by Gasteiger charge is -2.45. The molecular weight excluding hydrogens is 466 g/mol. The molecule has 0 radical (unpaired) electrons. The van der Waals surface area contributed by atoms with Gasteiger partial charge in [0.15, 0.2) is 5.96 Å². The minimum absolute atomic E-state index is 0.0688. The minimum atomic E-state index is -0.806. The largest absolute Gasteiger partial charge is 0.481 e. The van der Waals surface area contributed by atoms with Gasteiger partial charge in [-0.3, -0.25) is 20.1 Å². The zero-order chi connectivity index (χ0) is 21.5. The molecule has 9 heteroatoms. The van der Waals surface area contributed by atoms with Gasteiger partial charge in [0, 0.05) is 46.6 Å². The predicted octanol–water partition coefficient (Wildman–Crippen LogP) is 3.97. The Balaban J connectivity index is 1.79. The number of carbonyl (C=O) groups is 1. The molecule has 4 rings (SSSR count). The van der Waals surface area contributed by atoms with Crippen LogP contribution < -0.4 is 10.1 Å². The maximum absolute atomic E-state index is 13.3. The van der Waals surface area contributed by atoms with Crippen LogP contribution in [-0.4, -0.2) is 40.9 Å². The van der Waals surface area contributed by atoms with Crippen molar-refractivity contribution in [2.45, 2.75) is 18.4 Å². The molecular formula is C21H20BrN5O2S. The molecule has 154 valence electrons. The first-order valence-electron chi connectivity index (χ1n) is 9.17. The van der Waals surface area contributed by atoms with Gasteiger partial charge in [0.05, 0.1) is 18.6 Å². The van der Waals surface area contributed by atoms with Crippen LogP contribution in [0.5, 0.6) is 5.88 Å². The summed E-state index contributed by atoms with van der Waals surface area (Å²) in [5.74, 6) is -0.160. The first kappa shape index (κ1) is 20.5. The van der Waals surface area contributed by atoms with Crippen LogP contribution in [0.3, 0.4) is 0 Å². The molecule has 7 nitrogen and oxygen atoms in total. The number of hydrogen-bond donors (Lipinski definition) is 2. The van der Waals surface area contributed by atoms with E-state index in [1.807, 2.05) is 24.4 Å². The monoisotopic (exact) mass is 485 g/mol. The summed E-state index contributed by atoms with van der Waals surface area (Å²) in [5, 5.41) is 13.6. The van der Waals surface area contributed by atoms with Gasteiger partial charge in [-0.25, -0.2) is 4.98 Å². The second-order valence-corrected chi connectivity index (χ2v) is 9.06. The number of ether oxygens (including phenoxy) is 1. The van der Waals surface area contributed by atoms with E-state index in [1.165, 1.54) is 4.90 Å². The van der Waals surface area contributed by atoms with E-state index in [2.05, 4.69) is 37.3 Å². The van der Waals surface area contributed by atoms with E-state index in [0.29, 0.717) is 5.88 Å². The van der Waals surface area contributed by atoms with E-state index in [4.69, 9.17) is 10.1 Å². The van der Waals surface area contributed by atoms with Crippen molar-refractivity contribution in [3.8, 4) is 17.0 Å². The molecule has 2 atom stereocenters. The molecule has 30 heavy (non-hydrogen) atoms. The third kappa shape index (κ3) is 3.48. The lowest BCUT2D eigenvalue weighted by Crippen LogP contribution is -2.62. The number of methoxy groups -OCH3 is 1. The maximum Gasteiger partial charge on any atom is 0.239 e. The Morgan fingerprint density at radius 2 is 2.07 bits per heavy atom. The van der Waals surface area contributed by atoms with E-state index in [-0.39, 0.29) is 11.9 Å². The number of nitrogens with zero attached hydrogens (tertiary/aromatic N) is 3. The molecule has 0 spiro atoms. The van der Waals surface area contributed by atoms with Gasteiger partial charge in [-0.2, -0.15) is 0 Å². The third-order valence-corrected chi connectivity index (χ3v) is 6.92. The molecule has 0 aromatic carbocycles. The molecule has 3 aromatic rings. The van der Waals surface area contributed by atoms with Gasteiger partial charge >= 0.3 is 0 Å². The van der Waals surface area contributed by atoms with Gasteiger partial charge in [-0.15, -0.1) is 11.3 Å². The van der Waals surface area contributed by atoms with E-state index < -0.39 is 11.5 Å². The van der Waals surface area contributed by atoms with Crippen LogP contribution in [0.25, 0.3) is 11.1 Å². The fourth-order valence-corrected chi connectivity index (χ4v) is 5.08. The van der Waals surface area contributed by atoms with E-state index in [9.17, 15) is 4.79 Å². The van der Waals surface area contributed by atoms with Gasteiger partial charge in [0.25, 0.3) is 0 Å². The predicted molar refractivity (Wildman–Crippen MR) is 120 cm³/mol. The van der Waals surface area contributed by atoms with Crippen LogP contribution in [0, 0.1) is 5.41 Å². The summed E-state index contributed by atoms with van der Waals surface area (Å²) in [4.78, 5) is 24.1. The summed E-state index contributed by atoms with van der Waals surface area (Å²) in [6.45, 7) is 1.95. The summed E-state index contributed by atoms with van der Waals surface area (Å²) in [6.07, 6.45) is 5.21. The zero-order valence-electron chi connectivity index (χ0n) is 16.6. The van der Waals surface area contributed by atoms with Crippen molar-refractivity contribution in [2.75, 3.05) is 14.2 Å². The molecule has 1 aliphatic heterocycles. The molecule has 1 amide bonds. The summed E-state index contributed by atoms with van der Waals surface area (Å²) in [5.41, 5.74) is 1.94. The smallest absolute Gasteiger partial charge is 0.239 e. The Bertz CT molecular complexity index is 1120. The van der Waals surface area contributed by atoms with Gasteiger partial charge in [-0.1, -0.05) is 6.07 Å². The molecule has 0 aliphatic carbocycles. The number of nitrogens with one attached hydrogen (secondary N) is 2. The highest BCUT2D eigenvalue weighted by molar-refractivity contribution is 9.10. The summed E-state index contributed by atoms with van der Waals surface area (Å²) < 4.78 is 6.05. The third-order valence-electron chi connectivity index (χ3n) is 5.32. The number of carbonyl (C=O) groups excluding carboxylic acids is 1. The Morgan fingerprint density at radius 1 is 1.27 bits per heavy atom. The Morgan fingerprint density at radius 3 is 2.73 bits per heavy atom. The molecule has 3 aromatic heterocycles. The Hall–Kier alpha value is -2.78. The summed E-state index contributed by atoms with van der Waals surface area (Å²) in [6, 6.07) is 7.65. The molecule has 0 saturated carbocycles. The van der Waals surface area contributed by atoms with Crippen LogP contribution in [0.2, 0.25) is 0 Å². The highest BCUT2D eigenvalue weighted by atomic mass is 79.9. The number of amides is 1. The lowest BCUT2D eigenvalue weighted by atomic mass is 9.77. The highest BCUT2D eigenvalue weighted by Crippen LogP contribution is 2.44. The molecule has 4 heterocycles. The number of hydrogen-bond acceptors (Lipinski definition) is 6. The number of pyridine rings is 2. The fourth-order valence-electron chi connectivity index (χ4n) is 3.65. The van der Waals surface area contributed by atoms with Gasteiger partial charge in [0.1, 0.15) is 0 Å². The average Bonchev–Trinajstić information content (AvgIpc) is 3.24. The molecule has 2 N–H and O–H groups in total. The molecule has 1 fully saturated rings. The number of guanidine groups is 1. The number of likely N-dealkylation sites (N-methyl/N-ethyl adjacent to an activating group) is 1. The molecule has 1 unspecified atom stereocenters. The SMILES string of the molecule is COc1ccc(C2C(=O)N(C)C(=N)N[C@]2(C)c2cc(-c3cncc(Br)c3)cs2)cn1. The number of aromatic nitrogens is 2. The first-order valence-corrected chi connectivity index (χ1v) is 10.8. The average molecular weight is 486 g/mol. The van der Waals surface area contributed by atoms with Crippen molar-refractivity contribution in [1.82, 2.24) is 20.2 Å².